The zero-order valence-corrected chi connectivity index (χ0v) is 12.3. The zero-order chi connectivity index (χ0) is 14.8. The number of benzene rings is 1. The molecule has 1 aromatic rings. The summed E-state index contributed by atoms with van der Waals surface area (Å²) in [7, 11) is 0. The summed E-state index contributed by atoms with van der Waals surface area (Å²) in [5, 5.41) is 12.5. The molecule has 1 aromatic carbocycles. The van der Waals surface area contributed by atoms with Crippen molar-refractivity contribution in [3.05, 3.63) is 28.7 Å². The van der Waals surface area contributed by atoms with Gasteiger partial charge in [0.25, 0.3) is 0 Å². The first-order valence-corrected chi connectivity index (χ1v) is 7.16. The number of hydrogen-bond acceptors (Lipinski definition) is 2. The standard InChI is InChI=1S/C14H14BrF3N2/c15-11-3-1-2-4-12(11)20-13(9-19)7-5-10(6-8-13)14(16,17)18/h1-4,10,20H,5-8H2. The van der Waals surface area contributed by atoms with Crippen molar-refractivity contribution in [1.82, 2.24) is 0 Å². The van der Waals surface area contributed by atoms with Crippen molar-refractivity contribution in [1.29, 1.82) is 5.26 Å². The van der Waals surface area contributed by atoms with E-state index in [0.29, 0.717) is 0 Å². The second-order valence-corrected chi connectivity index (χ2v) is 5.97. The molecule has 0 aromatic heterocycles. The van der Waals surface area contributed by atoms with Crippen LogP contribution in [0.2, 0.25) is 0 Å². The molecule has 0 saturated heterocycles. The molecule has 1 fully saturated rings. The first-order chi connectivity index (χ1) is 9.36. The number of nitrogens with zero attached hydrogens (tertiary/aromatic N) is 1. The van der Waals surface area contributed by atoms with Gasteiger partial charge in [-0.1, -0.05) is 12.1 Å². The maximum Gasteiger partial charge on any atom is 0.391 e. The molecule has 108 valence electrons. The van der Waals surface area contributed by atoms with E-state index in [1.807, 2.05) is 18.2 Å². The average molecular weight is 347 g/mol. The Morgan fingerprint density at radius 3 is 2.35 bits per heavy atom. The highest BCUT2D eigenvalue weighted by atomic mass is 79.9. The van der Waals surface area contributed by atoms with Gasteiger partial charge in [0.15, 0.2) is 0 Å². The van der Waals surface area contributed by atoms with Crippen LogP contribution in [0.4, 0.5) is 18.9 Å². The average Bonchev–Trinajstić information content (AvgIpc) is 2.41. The molecule has 1 saturated carbocycles. The van der Waals surface area contributed by atoms with E-state index in [0.717, 1.165) is 10.2 Å². The minimum absolute atomic E-state index is 0.00544. The zero-order valence-electron chi connectivity index (χ0n) is 10.7. The maximum absolute atomic E-state index is 12.7. The lowest BCUT2D eigenvalue weighted by molar-refractivity contribution is -0.183. The fourth-order valence-corrected chi connectivity index (χ4v) is 2.91. The molecule has 0 spiro atoms. The van der Waals surface area contributed by atoms with Crippen molar-refractivity contribution in [2.24, 2.45) is 5.92 Å². The van der Waals surface area contributed by atoms with Crippen molar-refractivity contribution in [2.45, 2.75) is 37.4 Å². The highest BCUT2D eigenvalue weighted by molar-refractivity contribution is 9.10. The van der Waals surface area contributed by atoms with Gasteiger partial charge < -0.3 is 5.32 Å². The minimum Gasteiger partial charge on any atom is -0.366 e. The van der Waals surface area contributed by atoms with Gasteiger partial charge in [0.05, 0.1) is 12.0 Å². The summed E-state index contributed by atoms with van der Waals surface area (Å²) in [6.07, 6.45) is -3.76. The fourth-order valence-electron chi connectivity index (χ4n) is 2.52. The summed E-state index contributed by atoms with van der Waals surface area (Å²) < 4.78 is 38.8. The third kappa shape index (κ3) is 3.26. The Morgan fingerprint density at radius 2 is 1.85 bits per heavy atom. The number of nitriles is 1. The largest absolute Gasteiger partial charge is 0.391 e. The molecule has 0 bridgehead atoms. The highest BCUT2D eigenvalue weighted by Gasteiger charge is 2.46. The minimum atomic E-state index is -4.16. The molecule has 0 unspecified atom stereocenters. The van der Waals surface area contributed by atoms with E-state index < -0.39 is 17.6 Å². The predicted molar refractivity (Wildman–Crippen MR) is 74.1 cm³/mol. The number of nitrogens with one attached hydrogen (secondary N) is 1. The van der Waals surface area contributed by atoms with Gasteiger partial charge in [-0.05, 0) is 53.7 Å². The number of para-hydroxylation sites is 1. The molecule has 1 aliphatic rings. The quantitative estimate of drug-likeness (QED) is 0.828. The molecule has 20 heavy (non-hydrogen) atoms. The molecule has 0 aliphatic heterocycles. The van der Waals surface area contributed by atoms with Gasteiger partial charge in [-0.25, -0.2) is 0 Å². The summed E-state index contributed by atoms with van der Waals surface area (Å²) >= 11 is 3.37. The lowest BCUT2D eigenvalue weighted by Gasteiger charge is -2.37. The van der Waals surface area contributed by atoms with Crippen LogP contribution >= 0.6 is 15.9 Å². The lowest BCUT2D eigenvalue weighted by atomic mass is 9.77. The molecule has 6 heteroatoms. The van der Waals surface area contributed by atoms with Gasteiger partial charge in [0.1, 0.15) is 5.54 Å². The molecular weight excluding hydrogens is 333 g/mol. The van der Waals surface area contributed by atoms with E-state index >= 15 is 0 Å². The van der Waals surface area contributed by atoms with E-state index in [1.54, 1.807) is 6.07 Å². The summed E-state index contributed by atoms with van der Waals surface area (Å²) in [5.41, 5.74) is -0.175. The number of anilines is 1. The van der Waals surface area contributed by atoms with Gasteiger partial charge in [-0.2, -0.15) is 18.4 Å². The van der Waals surface area contributed by atoms with E-state index in [-0.39, 0.29) is 25.7 Å². The molecule has 0 amide bonds. The van der Waals surface area contributed by atoms with Crippen LogP contribution in [0.25, 0.3) is 0 Å². The molecule has 0 radical (unpaired) electrons. The second kappa shape index (κ2) is 5.65. The molecule has 1 N–H and O–H groups in total. The Kier molecular flexibility index (Phi) is 4.28. The summed E-state index contributed by atoms with van der Waals surface area (Å²) in [5.74, 6) is -1.29. The Bertz CT molecular complexity index is 514. The topological polar surface area (TPSA) is 35.8 Å². The van der Waals surface area contributed by atoms with Crippen molar-refractivity contribution in [2.75, 3.05) is 5.32 Å². The molecule has 1 aliphatic carbocycles. The predicted octanol–water partition coefficient (Wildman–Crippen LogP) is 4.88. The van der Waals surface area contributed by atoms with E-state index in [9.17, 15) is 18.4 Å². The van der Waals surface area contributed by atoms with Crippen molar-refractivity contribution >= 4 is 21.6 Å². The molecule has 2 rings (SSSR count). The number of alkyl halides is 3. The van der Waals surface area contributed by atoms with Gasteiger partial charge in [-0.15, -0.1) is 0 Å². The normalized spacial score (nSPS) is 26.9. The third-order valence-corrected chi connectivity index (χ3v) is 4.46. The van der Waals surface area contributed by atoms with E-state index in [4.69, 9.17) is 0 Å². The highest BCUT2D eigenvalue weighted by Crippen LogP contribution is 2.42. The first kappa shape index (κ1) is 15.2. The van der Waals surface area contributed by atoms with Crippen LogP contribution in [0.1, 0.15) is 25.7 Å². The maximum atomic E-state index is 12.7. The smallest absolute Gasteiger partial charge is 0.366 e. The van der Waals surface area contributed by atoms with Crippen LogP contribution in [0.3, 0.4) is 0 Å². The van der Waals surface area contributed by atoms with Crippen LogP contribution in [-0.4, -0.2) is 11.7 Å². The number of hydrogen-bond donors (Lipinski definition) is 1. The molecule has 0 atom stereocenters. The van der Waals surface area contributed by atoms with Crippen LogP contribution in [0, 0.1) is 17.2 Å². The van der Waals surface area contributed by atoms with E-state index in [1.165, 1.54) is 0 Å². The van der Waals surface area contributed by atoms with Crippen molar-refractivity contribution in [3.8, 4) is 6.07 Å². The third-order valence-electron chi connectivity index (χ3n) is 3.76. The summed E-state index contributed by atoms with van der Waals surface area (Å²) in [4.78, 5) is 0. The fraction of sp³-hybridized carbons (Fsp3) is 0.500. The number of halogens is 4. The van der Waals surface area contributed by atoms with Gasteiger partial charge in [0.2, 0.25) is 0 Å². The lowest BCUT2D eigenvalue weighted by Crippen LogP contribution is -2.43. The van der Waals surface area contributed by atoms with Gasteiger partial charge in [0, 0.05) is 10.2 Å². The molecule has 0 heterocycles. The van der Waals surface area contributed by atoms with Crippen LogP contribution in [0.5, 0.6) is 0 Å². The van der Waals surface area contributed by atoms with Crippen LogP contribution in [0.15, 0.2) is 28.7 Å². The first-order valence-electron chi connectivity index (χ1n) is 6.37. The molecule has 2 nitrogen and oxygen atoms in total. The Labute approximate surface area is 124 Å². The summed E-state index contributed by atoms with van der Waals surface area (Å²) in [6.45, 7) is 0. The van der Waals surface area contributed by atoms with Gasteiger partial charge in [-0.3, -0.25) is 0 Å². The summed E-state index contributed by atoms with van der Waals surface area (Å²) in [6, 6.07) is 9.46. The Balaban J connectivity index is 2.10. The second-order valence-electron chi connectivity index (χ2n) is 5.11. The number of rotatable bonds is 2. The Morgan fingerprint density at radius 1 is 1.25 bits per heavy atom. The monoisotopic (exact) mass is 346 g/mol. The van der Waals surface area contributed by atoms with Crippen molar-refractivity contribution in [3.63, 3.8) is 0 Å². The van der Waals surface area contributed by atoms with Crippen LogP contribution < -0.4 is 5.32 Å². The SMILES string of the molecule is N#CC1(Nc2ccccc2Br)CCC(C(F)(F)F)CC1. The van der Waals surface area contributed by atoms with Gasteiger partial charge >= 0.3 is 6.18 Å². The van der Waals surface area contributed by atoms with Crippen LogP contribution in [-0.2, 0) is 0 Å². The Hall–Kier alpha value is -1.22. The van der Waals surface area contributed by atoms with Crippen molar-refractivity contribution < 1.29 is 13.2 Å². The molecular formula is C14H14BrF3N2. The van der Waals surface area contributed by atoms with E-state index in [2.05, 4.69) is 27.3 Å².